The first-order valence-electron chi connectivity index (χ1n) is 15.6. The average molecular weight is 489 g/mol. The topological polar surface area (TPSA) is 9.23 Å². The summed E-state index contributed by atoms with van der Waals surface area (Å²) in [6.45, 7) is 5.55. The maximum Gasteiger partial charge on any atom is 0.0825 e. The van der Waals surface area contributed by atoms with E-state index in [1.165, 1.54) is 119 Å². The van der Waals surface area contributed by atoms with Crippen molar-refractivity contribution in [2.24, 2.45) is 11.8 Å². The first-order chi connectivity index (χ1) is 17.8. The van der Waals surface area contributed by atoms with E-state index >= 15 is 0 Å². The van der Waals surface area contributed by atoms with Gasteiger partial charge in [0.15, 0.2) is 0 Å². The van der Waals surface area contributed by atoms with Crippen molar-refractivity contribution < 1.29 is 4.74 Å². The quantitative estimate of drug-likeness (QED) is 0.255. The van der Waals surface area contributed by atoms with E-state index < -0.39 is 0 Å². The first-order valence-corrected chi connectivity index (χ1v) is 15.6. The van der Waals surface area contributed by atoms with Gasteiger partial charge in [-0.25, -0.2) is 0 Å². The van der Waals surface area contributed by atoms with Crippen LogP contribution >= 0.6 is 0 Å². The van der Waals surface area contributed by atoms with Gasteiger partial charge in [0.2, 0.25) is 0 Å². The number of hydrogen-bond donors (Lipinski definition) is 0. The van der Waals surface area contributed by atoms with Crippen LogP contribution < -0.4 is 0 Å². The summed E-state index contributed by atoms with van der Waals surface area (Å²) < 4.78 is 6.32. The van der Waals surface area contributed by atoms with Crippen molar-refractivity contribution in [1.82, 2.24) is 0 Å². The van der Waals surface area contributed by atoms with E-state index in [1.807, 2.05) is 0 Å². The number of ether oxygens (including phenoxy) is 1. The minimum atomic E-state index is 0.287. The van der Waals surface area contributed by atoms with E-state index in [0.717, 1.165) is 24.4 Å². The summed E-state index contributed by atoms with van der Waals surface area (Å²) in [4.78, 5) is 0. The minimum Gasteiger partial charge on any atom is -0.373 e. The second-order valence-electron chi connectivity index (χ2n) is 11.9. The van der Waals surface area contributed by atoms with E-state index in [0.29, 0.717) is 0 Å². The summed E-state index contributed by atoms with van der Waals surface area (Å²) in [7, 11) is 0. The molecule has 0 spiro atoms. The number of unbranched alkanes of at least 4 members (excludes halogenated alkanes) is 6. The summed E-state index contributed by atoms with van der Waals surface area (Å²) >= 11 is 0. The Morgan fingerprint density at radius 2 is 1.08 bits per heavy atom. The molecule has 4 rings (SSSR count). The van der Waals surface area contributed by atoms with Crippen LogP contribution in [0.2, 0.25) is 0 Å². The second kappa shape index (κ2) is 15.0. The smallest absolute Gasteiger partial charge is 0.0825 e. The van der Waals surface area contributed by atoms with Crippen molar-refractivity contribution in [3.8, 4) is 11.1 Å². The standard InChI is InChI=1S/C35H52O/c1-3-5-7-8-10-12-29-15-26-35(36-27-29)34-24-22-33(23-25-34)32-20-18-31(19-21-32)30-16-13-28(14-17-30)11-9-6-4-2/h18-25,28-30,35H,3-17,26-27H2,1-2H3/t28-,29?,30-,35?. The van der Waals surface area contributed by atoms with E-state index in [-0.39, 0.29) is 6.10 Å². The molecule has 2 aromatic carbocycles. The van der Waals surface area contributed by atoms with Gasteiger partial charge in [0, 0.05) is 0 Å². The summed E-state index contributed by atoms with van der Waals surface area (Å²) in [5.41, 5.74) is 5.57. The van der Waals surface area contributed by atoms with Gasteiger partial charge < -0.3 is 4.74 Å². The molecule has 1 nitrogen and oxygen atoms in total. The molecule has 2 aromatic rings. The van der Waals surface area contributed by atoms with Crippen LogP contribution in [0.4, 0.5) is 0 Å². The Morgan fingerprint density at radius 3 is 1.69 bits per heavy atom. The fourth-order valence-electron chi connectivity index (χ4n) is 6.64. The molecule has 2 atom stereocenters. The lowest BCUT2D eigenvalue weighted by molar-refractivity contribution is -0.0198. The molecule has 0 aromatic heterocycles. The van der Waals surface area contributed by atoms with Crippen molar-refractivity contribution in [2.45, 2.75) is 129 Å². The predicted octanol–water partition coefficient (Wildman–Crippen LogP) is 11.0. The van der Waals surface area contributed by atoms with Crippen molar-refractivity contribution >= 4 is 0 Å². The van der Waals surface area contributed by atoms with E-state index in [2.05, 4.69) is 62.4 Å². The lowest BCUT2D eigenvalue weighted by atomic mass is 9.77. The molecule has 36 heavy (non-hydrogen) atoms. The molecule has 1 heterocycles. The number of hydrogen-bond acceptors (Lipinski definition) is 1. The molecule has 1 saturated carbocycles. The zero-order chi connectivity index (χ0) is 25.0. The second-order valence-corrected chi connectivity index (χ2v) is 11.9. The average Bonchev–Trinajstić information content (AvgIpc) is 2.94. The molecule has 2 unspecified atom stereocenters. The Labute approximate surface area is 222 Å². The summed E-state index contributed by atoms with van der Waals surface area (Å²) in [5, 5.41) is 0. The Kier molecular flexibility index (Phi) is 11.4. The molecule has 0 radical (unpaired) electrons. The zero-order valence-electron chi connectivity index (χ0n) is 23.4. The van der Waals surface area contributed by atoms with E-state index in [4.69, 9.17) is 4.74 Å². The highest BCUT2D eigenvalue weighted by Gasteiger charge is 2.23. The maximum absolute atomic E-state index is 6.32. The fraction of sp³-hybridized carbons (Fsp3) is 0.657. The van der Waals surface area contributed by atoms with Crippen molar-refractivity contribution in [1.29, 1.82) is 0 Å². The zero-order valence-corrected chi connectivity index (χ0v) is 23.4. The third-order valence-corrected chi connectivity index (χ3v) is 9.15. The van der Waals surface area contributed by atoms with Crippen molar-refractivity contribution in [2.75, 3.05) is 6.61 Å². The van der Waals surface area contributed by atoms with Crippen LogP contribution in [0.25, 0.3) is 11.1 Å². The van der Waals surface area contributed by atoms with Gasteiger partial charge in [-0.05, 0) is 85.0 Å². The highest BCUT2D eigenvalue weighted by Crippen LogP contribution is 2.38. The molecule has 2 fully saturated rings. The predicted molar refractivity (Wildman–Crippen MR) is 156 cm³/mol. The Bertz CT molecular complexity index is 835. The van der Waals surface area contributed by atoms with Gasteiger partial charge >= 0.3 is 0 Å². The third kappa shape index (κ3) is 8.20. The van der Waals surface area contributed by atoms with Gasteiger partial charge in [0.1, 0.15) is 0 Å². The van der Waals surface area contributed by atoms with Crippen LogP contribution in [-0.2, 0) is 4.74 Å². The molecular formula is C35H52O. The minimum absolute atomic E-state index is 0.287. The van der Waals surface area contributed by atoms with E-state index in [1.54, 1.807) is 5.56 Å². The normalized spacial score (nSPS) is 24.6. The number of benzene rings is 2. The molecule has 0 bridgehead atoms. The van der Waals surface area contributed by atoms with Gasteiger partial charge in [-0.3, -0.25) is 0 Å². The van der Waals surface area contributed by atoms with Crippen molar-refractivity contribution in [3.05, 3.63) is 59.7 Å². The van der Waals surface area contributed by atoms with Gasteiger partial charge in [-0.2, -0.15) is 0 Å². The largest absolute Gasteiger partial charge is 0.373 e. The monoisotopic (exact) mass is 488 g/mol. The third-order valence-electron chi connectivity index (χ3n) is 9.15. The summed E-state index contributed by atoms with van der Waals surface area (Å²) in [6, 6.07) is 18.7. The summed E-state index contributed by atoms with van der Waals surface area (Å²) in [5.74, 6) is 2.53. The molecule has 2 aliphatic rings. The molecule has 1 aliphatic heterocycles. The SMILES string of the molecule is CCCCCCCC1CCC(c2ccc(-c3ccc([C@H]4CC[C@H](CCCCC)CC4)cc3)cc2)OC1. The van der Waals surface area contributed by atoms with Crippen LogP contribution in [0.1, 0.15) is 140 Å². The molecule has 1 aliphatic carbocycles. The van der Waals surface area contributed by atoms with Crippen molar-refractivity contribution in [3.63, 3.8) is 0 Å². The van der Waals surface area contributed by atoms with Crippen LogP contribution in [0, 0.1) is 11.8 Å². The molecule has 198 valence electrons. The number of rotatable bonds is 13. The molecule has 1 heteroatoms. The van der Waals surface area contributed by atoms with Gasteiger partial charge in [0.25, 0.3) is 0 Å². The highest BCUT2D eigenvalue weighted by molar-refractivity contribution is 5.64. The highest BCUT2D eigenvalue weighted by atomic mass is 16.5. The van der Waals surface area contributed by atoms with Crippen LogP contribution in [0.5, 0.6) is 0 Å². The molecule has 1 saturated heterocycles. The Morgan fingerprint density at radius 1 is 0.556 bits per heavy atom. The molecular weight excluding hydrogens is 436 g/mol. The van der Waals surface area contributed by atoms with Crippen LogP contribution in [0.15, 0.2) is 48.5 Å². The first kappa shape index (κ1) is 27.4. The Hall–Kier alpha value is -1.60. The summed E-state index contributed by atoms with van der Waals surface area (Å²) in [6.07, 6.45) is 22.3. The molecule has 0 amide bonds. The van der Waals surface area contributed by atoms with Gasteiger partial charge in [-0.1, -0.05) is 120 Å². The fourth-order valence-corrected chi connectivity index (χ4v) is 6.64. The van der Waals surface area contributed by atoms with Gasteiger partial charge in [0.05, 0.1) is 12.7 Å². The van der Waals surface area contributed by atoms with Crippen LogP contribution in [-0.4, -0.2) is 6.61 Å². The lowest BCUT2D eigenvalue weighted by Gasteiger charge is -2.29. The van der Waals surface area contributed by atoms with Crippen LogP contribution in [0.3, 0.4) is 0 Å². The van der Waals surface area contributed by atoms with Gasteiger partial charge in [-0.15, -0.1) is 0 Å². The lowest BCUT2D eigenvalue weighted by Crippen LogP contribution is -2.20. The van der Waals surface area contributed by atoms with E-state index in [9.17, 15) is 0 Å². The molecule has 0 N–H and O–H groups in total. The Balaban J connectivity index is 1.21. The maximum atomic E-state index is 6.32.